The van der Waals surface area contributed by atoms with Crippen molar-refractivity contribution in [1.29, 1.82) is 0 Å². The highest BCUT2D eigenvalue weighted by Gasteiger charge is 2.55. The van der Waals surface area contributed by atoms with Crippen molar-refractivity contribution in [2.45, 2.75) is 18.0 Å². The summed E-state index contributed by atoms with van der Waals surface area (Å²) >= 11 is 0. The Kier molecular flexibility index (Phi) is 3.37. The molecular formula is C20H13F3N2O3. The van der Waals surface area contributed by atoms with E-state index in [9.17, 15) is 18.0 Å². The van der Waals surface area contributed by atoms with Gasteiger partial charge in [-0.3, -0.25) is 9.78 Å². The van der Waals surface area contributed by atoms with Gasteiger partial charge in [0.25, 0.3) is 0 Å². The number of fused-ring (bicyclic) bond motifs is 4. The third-order valence-corrected chi connectivity index (χ3v) is 5.15. The third-order valence-electron chi connectivity index (χ3n) is 5.15. The molecule has 0 radical (unpaired) electrons. The molecule has 5 nitrogen and oxygen atoms in total. The van der Waals surface area contributed by atoms with Gasteiger partial charge < -0.3 is 14.5 Å². The monoisotopic (exact) mass is 386 g/mol. The highest BCUT2D eigenvalue weighted by molar-refractivity contribution is 6.09. The predicted octanol–water partition coefficient (Wildman–Crippen LogP) is 3.91. The number of para-hydroxylation sites is 1. The summed E-state index contributed by atoms with van der Waals surface area (Å²) in [6.45, 7) is 0.0845. The van der Waals surface area contributed by atoms with E-state index in [1.165, 1.54) is 12.3 Å². The molecule has 1 unspecified atom stereocenters. The first-order valence-electron chi connectivity index (χ1n) is 8.57. The number of carbonyl (C=O) groups is 1. The molecule has 2 aromatic heterocycles. The zero-order valence-electron chi connectivity index (χ0n) is 14.3. The lowest BCUT2D eigenvalue weighted by Gasteiger charge is -2.18. The third kappa shape index (κ3) is 2.27. The second-order valence-corrected chi connectivity index (χ2v) is 6.78. The van der Waals surface area contributed by atoms with Gasteiger partial charge in [0.1, 0.15) is 23.8 Å². The molecule has 1 atom stereocenters. The Morgan fingerprint density at radius 3 is 2.75 bits per heavy atom. The van der Waals surface area contributed by atoms with E-state index in [4.69, 9.17) is 9.15 Å². The summed E-state index contributed by atoms with van der Waals surface area (Å²) in [7, 11) is 0. The Morgan fingerprint density at radius 1 is 1.14 bits per heavy atom. The number of nitrogens with zero attached hydrogens (tertiary/aromatic N) is 1. The molecule has 1 amide bonds. The van der Waals surface area contributed by atoms with Crippen LogP contribution in [0.3, 0.4) is 0 Å². The SMILES string of the molecule is O=C1Nc2ccccc2C12COc1c(Cc3ccc(C(F)(F)F)o3)ccnc12. The zero-order valence-corrected chi connectivity index (χ0v) is 14.3. The van der Waals surface area contributed by atoms with E-state index in [2.05, 4.69) is 10.3 Å². The van der Waals surface area contributed by atoms with Crippen LogP contribution in [-0.4, -0.2) is 17.5 Å². The summed E-state index contributed by atoms with van der Waals surface area (Å²) in [5, 5.41) is 2.86. The van der Waals surface area contributed by atoms with Gasteiger partial charge in [0.15, 0.2) is 5.41 Å². The van der Waals surface area contributed by atoms with Crippen LogP contribution in [0.25, 0.3) is 0 Å². The topological polar surface area (TPSA) is 64.4 Å². The van der Waals surface area contributed by atoms with Crippen molar-refractivity contribution in [3.63, 3.8) is 0 Å². The molecule has 0 fully saturated rings. The summed E-state index contributed by atoms with van der Waals surface area (Å²) < 4.78 is 49.1. The molecule has 2 aliphatic rings. The number of aromatic nitrogens is 1. The Balaban J connectivity index is 1.56. The maximum Gasteiger partial charge on any atom is 0.449 e. The first kappa shape index (κ1) is 16.9. The van der Waals surface area contributed by atoms with Gasteiger partial charge in [-0.25, -0.2) is 0 Å². The largest absolute Gasteiger partial charge is 0.489 e. The minimum Gasteiger partial charge on any atom is -0.489 e. The summed E-state index contributed by atoms with van der Waals surface area (Å²) in [6, 6.07) is 11.2. The summed E-state index contributed by atoms with van der Waals surface area (Å²) in [5.41, 5.74) is 1.51. The van der Waals surface area contributed by atoms with Crippen molar-refractivity contribution in [2.24, 2.45) is 0 Å². The van der Waals surface area contributed by atoms with Crippen molar-refractivity contribution >= 4 is 11.6 Å². The quantitative estimate of drug-likeness (QED) is 0.725. The van der Waals surface area contributed by atoms with Crippen LogP contribution in [0.5, 0.6) is 5.75 Å². The van der Waals surface area contributed by atoms with Crippen LogP contribution < -0.4 is 10.1 Å². The van der Waals surface area contributed by atoms with Crippen LogP contribution in [0.15, 0.2) is 53.1 Å². The molecule has 2 aliphatic heterocycles. The first-order chi connectivity index (χ1) is 13.4. The molecule has 1 aromatic carbocycles. The van der Waals surface area contributed by atoms with Crippen molar-refractivity contribution in [3.8, 4) is 5.75 Å². The van der Waals surface area contributed by atoms with Crippen LogP contribution in [0.4, 0.5) is 18.9 Å². The average Bonchev–Trinajstić information content (AvgIpc) is 3.34. The number of anilines is 1. The molecule has 0 aliphatic carbocycles. The number of nitrogens with one attached hydrogen (secondary N) is 1. The summed E-state index contributed by atoms with van der Waals surface area (Å²) in [4.78, 5) is 17.2. The standard InChI is InChI=1S/C20H13F3N2O3/c21-20(22,23)15-6-5-12(28-15)9-11-7-8-24-17-16(11)27-10-19(17)13-3-1-2-4-14(13)25-18(19)26/h1-8H,9-10H2,(H,25,26). The Morgan fingerprint density at radius 2 is 1.96 bits per heavy atom. The molecule has 0 saturated carbocycles. The molecule has 8 heteroatoms. The lowest BCUT2D eigenvalue weighted by atomic mass is 9.79. The van der Waals surface area contributed by atoms with Gasteiger partial charge in [0.2, 0.25) is 11.7 Å². The fourth-order valence-electron chi connectivity index (χ4n) is 3.85. The number of hydrogen-bond acceptors (Lipinski definition) is 4. The van der Waals surface area contributed by atoms with Gasteiger partial charge in [-0.05, 0) is 24.3 Å². The average molecular weight is 386 g/mol. The maximum atomic E-state index is 12.8. The highest BCUT2D eigenvalue weighted by Crippen LogP contribution is 2.50. The van der Waals surface area contributed by atoms with Gasteiger partial charge in [-0.2, -0.15) is 13.2 Å². The molecule has 28 heavy (non-hydrogen) atoms. The molecule has 5 rings (SSSR count). The molecule has 0 bridgehead atoms. The van der Waals surface area contributed by atoms with Gasteiger partial charge >= 0.3 is 6.18 Å². The number of alkyl halides is 3. The van der Waals surface area contributed by atoms with Crippen LogP contribution in [0, 0.1) is 0 Å². The number of amides is 1. The number of halogens is 3. The lowest BCUT2D eigenvalue weighted by Crippen LogP contribution is -2.37. The minimum absolute atomic E-state index is 0.0845. The normalized spacial score (nSPS) is 20.0. The van der Waals surface area contributed by atoms with Gasteiger partial charge in [-0.15, -0.1) is 0 Å². The number of furan rings is 1. The number of benzene rings is 1. The van der Waals surface area contributed by atoms with Gasteiger partial charge in [-0.1, -0.05) is 18.2 Å². The van der Waals surface area contributed by atoms with Crippen molar-refractivity contribution in [3.05, 3.63) is 77.0 Å². The lowest BCUT2D eigenvalue weighted by molar-refractivity contribution is -0.153. The number of carbonyl (C=O) groups excluding carboxylic acids is 1. The molecule has 1 spiro atoms. The van der Waals surface area contributed by atoms with Crippen molar-refractivity contribution < 1.29 is 27.1 Å². The van der Waals surface area contributed by atoms with E-state index < -0.39 is 17.4 Å². The van der Waals surface area contributed by atoms with Crippen molar-refractivity contribution in [2.75, 3.05) is 11.9 Å². The number of ether oxygens (including phenoxy) is 1. The molecule has 3 aromatic rings. The van der Waals surface area contributed by atoms with Gasteiger partial charge in [0.05, 0.1) is 0 Å². The van der Waals surface area contributed by atoms with Crippen molar-refractivity contribution in [1.82, 2.24) is 4.98 Å². The number of pyridine rings is 1. The first-order valence-corrected chi connectivity index (χ1v) is 8.57. The van der Waals surface area contributed by atoms with E-state index >= 15 is 0 Å². The zero-order chi connectivity index (χ0) is 19.5. The molecule has 1 N–H and O–H groups in total. The van der Waals surface area contributed by atoms with Crippen LogP contribution in [0.2, 0.25) is 0 Å². The molecule has 0 saturated heterocycles. The van der Waals surface area contributed by atoms with E-state index in [0.29, 0.717) is 22.7 Å². The summed E-state index contributed by atoms with van der Waals surface area (Å²) in [5.74, 6) is -0.704. The maximum absolute atomic E-state index is 12.8. The second-order valence-electron chi connectivity index (χ2n) is 6.78. The Hall–Kier alpha value is -3.29. The highest BCUT2D eigenvalue weighted by atomic mass is 19.4. The van der Waals surface area contributed by atoms with Crippen LogP contribution in [-0.2, 0) is 22.8 Å². The predicted molar refractivity (Wildman–Crippen MR) is 92.1 cm³/mol. The Labute approximate surface area is 157 Å². The van der Waals surface area contributed by atoms with Crippen LogP contribution in [0.1, 0.15) is 28.3 Å². The fourth-order valence-corrected chi connectivity index (χ4v) is 3.85. The van der Waals surface area contributed by atoms with Crippen LogP contribution >= 0.6 is 0 Å². The smallest absolute Gasteiger partial charge is 0.449 e. The molecular weight excluding hydrogens is 373 g/mol. The van der Waals surface area contributed by atoms with E-state index in [-0.39, 0.29) is 24.7 Å². The van der Waals surface area contributed by atoms with E-state index in [0.717, 1.165) is 11.6 Å². The van der Waals surface area contributed by atoms with E-state index in [1.807, 2.05) is 24.3 Å². The molecule has 4 heterocycles. The van der Waals surface area contributed by atoms with Gasteiger partial charge in [0, 0.05) is 29.4 Å². The number of rotatable bonds is 2. The molecule has 142 valence electrons. The fraction of sp³-hybridized carbons (Fsp3) is 0.200. The Bertz CT molecular complexity index is 1110. The van der Waals surface area contributed by atoms with E-state index in [1.54, 1.807) is 6.07 Å². The number of hydrogen-bond donors (Lipinski definition) is 1. The minimum atomic E-state index is -4.54. The second kappa shape index (κ2) is 5.60. The summed E-state index contributed by atoms with van der Waals surface area (Å²) in [6.07, 6.45) is -2.91.